The number of thiocarbonyl (C=S) groups is 1. The van der Waals surface area contributed by atoms with Gasteiger partial charge in [-0.15, -0.1) is 0 Å². The van der Waals surface area contributed by atoms with Crippen molar-refractivity contribution in [3.05, 3.63) is 34.7 Å². The first-order valence-corrected chi connectivity index (χ1v) is 8.93. The van der Waals surface area contributed by atoms with E-state index in [1.807, 2.05) is 31.2 Å². The average Bonchev–Trinajstić information content (AvgIpc) is 3.05. The molecule has 0 radical (unpaired) electrons. The number of likely N-dealkylation sites (N-methyl/N-ethyl adjacent to an activating group) is 1. The highest BCUT2D eigenvalue weighted by Gasteiger charge is 2.44. The lowest BCUT2D eigenvalue weighted by Crippen LogP contribution is -2.42. The van der Waals surface area contributed by atoms with Crippen LogP contribution in [0.25, 0.3) is 5.57 Å². The van der Waals surface area contributed by atoms with Gasteiger partial charge in [0.05, 0.1) is 23.3 Å². The monoisotopic (exact) mass is 376 g/mol. The highest BCUT2D eigenvalue weighted by atomic mass is 32.2. The molecule has 1 aromatic carbocycles. The van der Waals surface area contributed by atoms with Crippen molar-refractivity contribution in [2.24, 2.45) is 0 Å². The van der Waals surface area contributed by atoms with E-state index in [1.54, 1.807) is 11.8 Å². The van der Waals surface area contributed by atoms with Crippen molar-refractivity contribution in [3.8, 4) is 0 Å². The fourth-order valence-corrected chi connectivity index (χ4v) is 4.44. The van der Waals surface area contributed by atoms with Gasteiger partial charge < -0.3 is 9.64 Å². The van der Waals surface area contributed by atoms with Gasteiger partial charge in [-0.1, -0.05) is 42.2 Å². The van der Waals surface area contributed by atoms with E-state index < -0.39 is 17.9 Å². The SMILES string of the molecule is CCN1C(=O)/C(=C2/SC(=S)N([C@H](C)C(=O)OC)C2=O)c2ccccc21. The molecule has 0 bridgehead atoms. The molecule has 1 saturated heterocycles. The highest BCUT2D eigenvalue weighted by Crippen LogP contribution is 2.44. The number of esters is 1. The molecule has 0 N–H and O–H groups in total. The summed E-state index contributed by atoms with van der Waals surface area (Å²) in [6, 6.07) is 6.49. The lowest BCUT2D eigenvalue weighted by molar-refractivity contribution is -0.147. The van der Waals surface area contributed by atoms with Crippen molar-refractivity contribution in [3.63, 3.8) is 0 Å². The Kier molecular flexibility index (Phi) is 4.66. The molecule has 1 atom stereocenters. The number of ether oxygens (including phenoxy) is 1. The van der Waals surface area contributed by atoms with Crippen LogP contribution in [-0.2, 0) is 19.1 Å². The number of carbonyl (C=O) groups excluding carboxylic acids is 3. The number of thioether (sulfide) groups is 1. The molecule has 0 aromatic heterocycles. The van der Waals surface area contributed by atoms with E-state index in [-0.39, 0.29) is 15.1 Å². The number of carbonyl (C=O) groups is 3. The third-order valence-corrected chi connectivity index (χ3v) is 5.60. The third-order valence-electron chi connectivity index (χ3n) is 4.20. The van der Waals surface area contributed by atoms with Crippen molar-refractivity contribution in [2.45, 2.75) is 19.9 Å². The summed E-state index contributed by atoms with van der Waals surface area (Å²) in [6.07, 6.45) is 0. The number of nitrogens with zero attached hydrogens (tertiary/aromatic N) is 2. The number of hydrogen-bond acceptors (Lipinski definition) is 6. The molecule has 2 amide bonds. The Morgan fingerprint density at radius 3 is 2.60 bits per heavy atom. The number of anilines is 1. The first-order chi connectivity index (χ1) is 11.9. The maximum Gasteiger partial charge on any atom is 0.328 e. The first-order valence-electron chi connectivity index (χ1n) is 7.71. The quantitative estimate of drug-likeness (QED) is 0.458. The Morgan fingerprint density at radius 1 is 1.28 bits per heavy atom. The lowest BCUT2D eigenvalue weighted by Gasteiger charge is -2.20. The largest absolute Gasteiger partial charge is 0.467 e. The molecule has 1 aromatic rings. The summed E-state index contributed by atoms with van der Waals surface area (Å²) in [5.41, 5.74) is 1.83. The molecule has 0 spiro atoms. The van der Waals surface area contributed by atoms with E-state index in [0.717, 1.165) is 17.4 Å². The summed E-state index contributed by atoms with van der Waals surface area (Å²) in [6.45, 7) is 3.92. The second-order valence-corrected chi connectivity index (χ2v) is 7.16. The van der Waals surface area contributed by atoms with Crippen molar-refractivity contribution >= 4 is 57.3 Å². The van der Waals surface area contributed by atoms with Crippen LogP contribution in [-0.4, -0.2) is 46.7 Å². The number of para-hydroxylation sites is 1. The van der Waals surface area contributed by atoms with Gasteiger partial charge in [0.25, 0.3) is 11.8 Å². The molecule has 6 nitrogen and oxygen atoms in total. The fraction of sp³-hybridized carbons (Fsp3) is 0.294. The molecule has 25 heavy (non-hydrogen) atoms. The third kappa shape index (κ3) is 2.65. The minimum Gasteiger partial charge on any atom is -0.467 e. The molecule has 2 heterocycles. The molecule has 2 aliphatic rings. The Hall–Kier alpha value is -2.19. The molecule has 3 rings (SSSR count). The molecule has 0 saturated carbocycles. The summed E-state index contributed by atoms with van der Waals surface area (Å²) in [5, 5.41) is 0. The molecule has 0 unspecified atom stereocenters. The van der Waals surface area contributed by atoms with Crippen LogP contribution in [0.3, 0.4) is 0 Å². The van der Waals surface area contributed by atoms with E-state index in [9.17, 15) is 14.4 Å². The zero-order valence-electron chi connectivity index (χ0n) is 13.9. The molecule has 8 heteroatoms. The van der Waals surface area contributed by atoms with Gasteiger partial charge in [-0.3, -0.25) is 14.5 Å². The van der Waals surface area contributed by atoms with Crippen molar-refractivity contribution in [2.75, 3.05) is 18.6 Å². The smallest absolute Gasteiger partial charge is 0.328 e. The van der Waals surface area contributed by atoms with Gasteiger partial charge >= 0.3 is 5.97 Å². The number of methoxy groups -OCH3 is 1. The topological polar surface area (TPSA) is 66.9 Å². The van der Waals surface area contributed by atoms with E-state index in [1.165, 1.54) is 12.0 Å². The van der Waals surface area contributed by atoms with Crippen LogP contribution in [0.5, 0.6) is 0 Å². The van der Waals surface area contributed by atoms with E-state index in [0.29, 0.717) is 17.7 Å². The van der Waals surface area contributed by atoms with Gasteiger partial charge in [-0.25, -0.2) is 4.79 Å². The van der Waals surface area contributed by atoms with E-state index >= 15 is 0 Å². The number of rotatable bonds is 3. The predicted molar refractivity (Wildman–Crippen MR) is 99.9 cm³/mol. The highest BCUT2D eigenvalue weighted by molar-refractivity contribution is 8.26. The van der Waals surface area contributed by atoms with Crippen LogP contribution in [0.1, 0.15) is 19.4 Å². The Morgan fingerprint density at radius 2 is 1.96 bits per heavy atom. The minimum absolute atomic E-state index is 0.227. The predicted octanol–water partition coefficient (Wildman–Crippen LogP) is 2.19. The number of fused-ring (bicyclic) bond motifs is 1. The van der Waals surface area contributed by atoms with Gasteiger partial charge in [0, 0.05) is 12.1 Å². The maximum atomic E-state index is 12.9. The molecule has 130 valence electrons. The van der Waals surface area contributed by atoms with Gasteiger partial charge in [-0.05, 0) is 19.9 Å². The van der Waals surface area contributed by atoms with Crippen LogP contribution in [0, 0.1) is 0 Å². The average molecular weight is 376 g/mol. The zero-order chi connectivity index (χ0) is 18.3. The summed E-state index contributed by atoms with van der Waals surface area (Å²) in [5.74, 6) is -1.23. The van der Waals surface area contributed by atoms with Crippen LogP contribution < -0.4 is 4.90 Å². The molecule has 1 fully saturated rings. The molecule has 0 aliphatic carbocycles. The molecular weight excluding hydrogens is 360 g/mol. The fourth-order valence-electron chi connectivity index (χ4n) is 2.95. The maximum absolute atomic E-state index is 12.9. The normalized spacial score (nSPS) is 21.0. The lowest BCUT2D eigenvalue weighted by atomic mass is 10.1. The van der Waals surface area contributed by atoms with Crippen molar-refractivity contribution in [1.82, 2.24) is 4.90 Å². The minimum atomic E-state index is -0.843. The number of amides is 2. The van der Waals surface area contributed by atoms with Crippen molar-refractivity contribution in [1.29, 1.82) is 0 Å². The summed E-state index contributed by atoms with van der Waals surface area (Å²) < 4.78 is 4.94. The zero-order valence-corrected chi connectivity index (χ0v) is 15.6. The van der Waals surface area contributed by atoms with Crippen LogP contribution in [0.2, 0.25) is 0 Å². The number of benzene rings is 1. The van der Waals surface area contributed by atoms with Crippen LogP contribution in [0.4, 0.5) is 5.69 Å². The Bertz CT molecular complexity index is 834. The van der Waals surface area contributed by atoms with Gasteiger partial charge in [0.2, 0.25) is 0 Å². The van der Waals surface area contributed by atoms with Gasteiger partial charge in [0.15, 0.2) is 0 Å². The Labute approximate surface area is 154 Å². The number of hydrogen-bond donors (Lipinski definition) is 0. The van der Waals surface area contributed by atoms with E-state index in [4.69, 9.17) is 17.0 Å². The first kappa shape index (κ1) is 17.6. The molecule has 2 aliphatic heterocycles. The molecular formula is C17H16N2O4S2. The van der Waals surface area contributed by atoms with Crippen LogP contribution in [0.15, 0.2) is 29.2 Å². The van der Waals surface area contributed by atoms with Crippen LogP contribution >= 0.6 is 24.0 Å². The summed E-state index contributed by atoms with van der Waals surface area (Å²) in [7, 11) is 1.25. The van der Waals surface area contributed by atoms with E-state index in [2.05, 4.69) is 0 Å². The summed E-state index contributed by atoms with van der Waals surface area (Å²) in [4.78, 5) is 40.6. The Balaban J connectivity index is 2.10. The van der Waals surface area contributed by atoms with Gasteiger partial charge in [-0.2, -0.15) is 0 Å². The second-order valence-electron chi connectivity index (χ2n) is 5.51. The summed E-state index contributed by atoms with van der Waals surface area (Å²) >= 11 is 6.32. The second kappa shape index (κ2) is 6.61. The van der Waals surface area contributed by atoms with Crippen molar-refractivity contribution < 1.29 is 19.1 Å². The standard InChI is InChI=1S/C17H16N2O4S2/c1-4-18-11-8-6-5-7-10(11)12(14(18)20)13-15(21)19(17(24)25-13)9(2)16(22)23-3/h5-9H,4H2,1-3H3/b13-12+/t9-/m1/s1. The van der Waals surface area contributed by atoms with Gasteiger partial charge in [0.1, 0.15) is 10.4 Å².